The lowest BCUT2D eigenvalue weighted by atomic mass is 9.91. The number of unbranched alkanes of at least 4 members (excludes halogenated alkanes) is 1. The molecule has 1 N–H and O–H groups in total. The van der Waals surface area contributed by atoms with Crippen LogP contribution in [0.25, 0.3) is 0 Å². The van der Waals surface area contributed by atoms with Crippen molar-refractivity contribution in [1.82, 2.24) is 4.90 Å². The fourth-order valence-corrected chi connectivity index (χ4v) is 3.57. The highest BCUT2D eigenvalue weighted by Crippen LogP contribution is 2.31. The monoisotopic (exact) mass is 336 g/mol. The molecule has 1 atom stereocenters. The van der Waals surface area contributed by atoms with Gasteiger partial charge in [-0.1, -0.05) is 49.7 Å². The number of nitrogens with zero attached hydrogens (tertiary/aromatic N) is 1. The maximum absolute atomic E-state index is 12.6. The van der Waals surface area contributed by atoms with Crippen LogP contribution in [-0.2, 0) is 17.6 Å². The van der Waals surface area contributed by atoms with Crippen molar-refractivity contribution in [3.05, 3.63) is 65.2 Å². The number of fused-ring (bicyclic) bond motifs is 1. The minimum absolute atomic E-state index is 0.0786. The van der Waals surface area contributed by atoms with Gasteiger partial charge < -0.3 is 5.32 Å². The quantitative estimate of drug-likeness (QED) is 0.837. The number of aryl methyl sites for hydroxylation is 1. The normalized spacial score (nSPS) is 17.1. The molecule has 1 aliphatic rings. The Labute approximate surface area is 151 Å². The summed E-state index contributed by atoms with van der Waals surface area (Å²) in [7, 11) is 2.11. The number of amides is 1. The van der Waals surface area contributed by atoms with Crippen molar-refractivity contribution in [2.24, 2.45) is 0 Å². The molecule has 3 rings (SSSR count). The fraction of sp³-hybridized carbons (Fsp3) is 0.409. The predicted molar refractivity (Wildman–Crippen MR) is 104 cm³/mol. The van der Waals surface area contributed by atoms with Crippen LogP contribution in [0.5, 0.6) is 0 Å². The van der Waals surface area contributed by atoms with Crippen LogP contribution in [0.2, 0.25) is 0 Å². The van der Waals surface area contributed by atoms with Crippen LogP contribution in [0.4, 0.5) is 5.69 Å². The van der Waals surface area contributed by atoms with Crippen LogP contribution in [-0.4, -0.2) is 24.4 Å². The van der Waals surface area contributed by atoms with E-state index in [1.807, 2.05) is 12.1 Å². The minimum Gasteiger partial charge on any atom is -0.326 e. The third-order valence-corrected chi connectivity index (χ3v) is 5.12. The Morgan fingerprint density at radius 2 is 1.92 bits per heavy atom. The van der Waals surface area contributed by atoms with Gasteiger partial charge >= 0.3 is 0 Å². The van der Waals surface area contributed by atoms with Crippen molar-refractivity contribution < 1.29 is 4.79 Å². The van der Waals surface area contributed by atoms with Crippen molar-refractivity contribution in [1.29, 1.82) is 0 Å². The van der Waals surface area contributed by atoms with Crippen molar-refractivity contribution in [2.75, 3.05) is 18.9 Å². The van der Waals surface area contributed by atoms with Crippen molar-refractivity contribution in [3.8, 4) is 0 Å². The van der Waals surface area contributed by atoms with Gasteiger partial charge in [-0.2, -0.15) is 0 Å². The van der Waals surface area contributed by atoms with Gasteiger partial charge in [0.15, 0.2) is 0 Å². The molecule has 25 heavy (non-hydrogen) atoms. The zero-order valence-corrected chi connectivity index (χ0v) is 15.3. The molecule has 1 heterocycles. The Balaban J connectivity index is 1.62. The first-order valence-electron chi connectivity index (χ1n) is 9.34. The van der Waals surface area contributed by atoms with E-state index in [2.05, 4.69) is 60.6 Å². The molecule has 0 radical (unpaired) electrons. The summed E-state index contributed by atoms with van der Waals surface area (Å²) in [5.74, 6) is 0.0786. The highest BCUT2D eigenvalue weighted by atomic mass is 16.1. The molecule has 0 saturated carbocycles. The van der Waals surface area contributed by atoms with E-state index in [0.717, 1.165) is 25.1 Å². The molecule has 0 aliphatic carbocycles. The molecule has 0 bridgehead atoms. The lowest BCUT2D eigenvalue weighted by Gasteiger charge is -2.34. The fourth-order valence-electron chi connectivity index (χ4n) is 3.57. The highest BCUT2D eigenvalue weighted by molar-refractivity contribution is 5.91. The summed E-state index contributed by atoms with van der Waals surface area (Å²) >= 11 is 0. The highest BCUT2D eigenvalue weighted by Gasteiger charge is 2.26. The number of hydrogen-bond donors (Lipinski definition) is 1. The molecule has 0 saturated heterocycles. The van der Waals surface area contributed by atoms with Crippen LogP contribution < -0.4 is 5.32 Å². The van der Waals surface area contributed by atoms with Crippen molar-refractivity contribution in [2.45, 2.75) is 45.1 Å². The molecule has 3 heteroatoms. The Hall–Kier alpha value is -2.13. The number of hydrogen-bond acceptors (Lipinski definition) is 2. The van der Waals surface area contributed by atoms with E-state index in [9.17, 15) is 4.79 Å². The van der Waals surface area contributed by atoms with E-state index in [4.69, 9.17) is 0 Å². The van der Waals surface area contributed by atoms with E-state index < -0.39 is 0 Å². The van der Waals surface area contributed by atoms with Crippen LogP contribution in [0.1, 0.15) is 48.9 Å². The molecule has 2 aromatic rings. The Kier molecular flexibility index (Phi) is 5.87. The van der Waals surface area contributed by atoms with Gasteiger partial charge in [0, 0.05) is 24.7 Å². The van der Waals surface area contributed by atoms with E-state index in [-0.39, 0.29) is 11.9 Å². The van der Waals surface area contributed by atoms with Gasteiger partial charge in [-0.05, 0) is 55.1 Å². The van der Waals surface area contributed by atoms with Gasteiger partial charge in [-0.25, -0.2) is 0 Å². The second-order valence-electron chi connectivity index (χ2n) is 7.00. The first-order valence-corrected chi connectivity index (χ1v) is 9.34. The number of benzene rings is 2. The Morgan fingerprint density at radius 3 is 2.68 bits per heavy atom. The molecule has 0 spiro atoms. The van der Waals surface area contributed by atoms with Crippen LogP contribution in [0.3, 0.4) is 0 Å². The average molecular weight is 336 g/mol. The lowest BCUT2D eigenvalue weighted by Crippen LogP contribution is -2.34. The lowest BCUT2D eigenvalue weighted by molar-refractivity contribution is -0.117. The zero-order valence-electron chi connectivity index (χ0n) is 15.3. The molecule has 2 aromatic carbocycles. The molecular formula is C22H28N2O. The first kappa shape index (κ1) is 17.7. The molecule has 3 nitrogen and oxygen atoms in total. The molecule has 132 valence electrons. The number of anilines is 1. The summed E-state index contributed by atoms with van der Waals surface area (Å²) in [6, 6.07) is 16.9. The van der Waals surface area contributed by atoms with Crippen LogP contribution in [0, 0.1) is 0 Å². The molecule has 1 aliphatic heterocycles. The van der Waals surface area contributed by atoms with Crippen LogP contribution in [0.15, 0.2) is 48.5 Å². The van der Waals surface area contributed by atoms with Crippen molar-refractivity contribution in [3.63, 3.8) is 0 Å². The number of nitrogens with one attached hydrogen (secondary N) is 1. The second-order valence-corrected chi connectivity index (χ2v) is 7.00. The SMILES string of the molecule is CCCCc1ccc(NC(=O)CC2c3ccccc3CCN2C)cc1. The minimum atomic E-state index is 0.0786. The predicted octanol–water partition coefficient (Wildman–Crippen LogP) is 4.59. The summed E-state index contributed by atoms with van der Waals surface area (Å²) in [5.41, 5.74) is 4.89. The van der Waals surface area contributed by atoms with Gasteiger partial charge in [0.25, 0.3) is 0 Å². The maximum Gasteiger partial charge on any atom is 0.226 e. The zero-order chi connectivity index (χ0) is 17.6. The molecule has 1 amide bonds. The summed E-state index contributed by atoms with van der Waals surface area (Å²) in [6.45, 7) is 3.20. The third-order valence-electron chi connectivity index (χ3n) is 5.12. The van der Waals surface area contributed by atoms with Gasteiger partial charge in [0.05, 0.1) is 0 Å². The number of carbonyl (C=O) groups excluding carboxylic acids is 1. The third kappa shape index (κ3) is 4.49. The van der Waals surface area contributed by atoms with Crippen molar-refractivity contribution >= 4 is 11.6 Å². The largest absolute Gasteiger partial charge is 0.326 e. The summed E-state index contributed by atoms with van der Waals surface area (Å²) in [4.78, 5) is 14.8. The number of carbonyl (C=O) groups is 1. The number of rotatable bonds is 6. The molecular weight excluding hydrogens is 308 g/mol. The first-order chi connectivity index (χ1) is 12.2. The summed E-state index contributed by atoms with van der Waals surface area (Å²) in [6.07, 6.45) is 5.07. The van der Waals surface area contributed by atoms with Gasteiger partial charge in [0.2, 0.25) is 5.91 Å². The standard InChI is InChI=1S/C22H28N2O/c1-3-4-7-17-10-12-19(13-11-17)23-22(25)16-21-20-9-6-5-8-18(20)14-15-24(21)2/h5-6,8-13,21H,3-4,7,14-16H2,1-2H3,(H,23,25). The van der Waals surface area contributed by atoms with E-state index in [1.165, 1.54) is 29.5 Å². The van der Waals surface area contributed by atoms with E-state index in [1.54, 1.807) is 0 Å². The van der Waals surface area contributed by atoms with Crippen LogP contribution >= 0.6 is 0 Å². The van der Waals surface area contributed by atoms with Gasteiger partial charge in [-0.15, -0.1) is 0 Å². The van der Waals surface area contributed by atoms with Gasteiger partial charge in [-0.3, -0.25) is 9.69 Å². The summed E-state index contributed by atoms with van der Waals surface area (Å²) < 4.78 is 0. The summed E-state index contributed by atoms with van der Waals surface area (Å²) in [5, 5.41) is 3.06. The van der Waals surface area contributed by atoms with E-state index >= 15 is 0 Å². The maximum atomic E-state index is 12.6. The van der Waals surface area contributed by atoms with Gasteiger partial charge in [0.1, 0.15) is 0 Å². The molecule has 0 aromatic heterocycles. The average Bonchev–Trinajstić information content (AvgIpc) is 2.63. The second kappa shape index (κ2) is 8.30. The molecule has 1 unspecified atom stereocenters. The Bertz CT molecular complexity index is 708. The smallest absolute Gasteiger partial charge is 0.226 e. The molecule has 0 fully saturated rings. The van der Waals surface area contributed by atoms with E-state index in [0.29, 0.717) is 6.42 Å². The topological polar surface area (TPSA) is 32.3 Å². The number of likely N-dealkylation sites (N-methyl/N-ethyl adjacent to an activating group) is 1. The Morgan fingerprint density at radius 1 is 1.16 bits per heavy atom.